The third kappa shape index (κ3) is 3.49. The first kappa shape index (κ1) is 15.1. The minimum absolute atomic E-state index is 0.0371. The van der Waals surface area contributed by atoms with E-state index in [1.807, 2.05) is 54.6 Å². The first-order valence-electron chi connectivity index (χ1n) is 7.52. The van der Waals surface area contributed by atoms with Crippen molar-refractivity contribution in [2.24, 2.45) is 5.92 Å². The van der Waals surface area contributed by atoms with Crippen LogP contribution in [0.15, 0.2) is 54.6 Å². The van der Waals surface area contributed by atoms with Gasteiger partial charge >= 0.3 is 0 Å². The lowest BCUT2D eigenvalue weighted by atomic mass is 9.88. The van der Waals surface area contributed by atoms with Crippen molar-refractivity contribution in [1.29, 1.82) is 0 Å². The maximum absolute atomic E-state index is 12.5. The molecular formula is C18H19ClN2O. The summed E-state index contributed by atoms with van der Waals surface area (Å²) in [7, 11) is 0. The number of benzene rings is 2. The zero-order valence-electron chi connectivity index (χ0n) is 12.3. The fourth-order valence-corrected chi connectivity index (χ4v) is 3.06. The summed E-state index contributed by atoms with van der Waals surface area (Å²) in [6.07, 6.45) is 0. The van der Waals surface area contributed by atoms with E-state index in [0.717, 1.165) is 22.7 Å². The van der Waals surface area contributed by atoms with Gasteiger partial charge in [0, 0.05) is 30.6 Å². The highest BCUT2D eigenvalue weighted by Crippen LogP contribution is 2.29. The smallest absolute Gasteiger partial charge is 0.225 e. The van der Waals surface area contributed by atoms with Crippen LogP contribution < -0.4 is 10.6 Å². The molecule has 0 radical (unpaired) electrons. The molecule has 1 aliphatic heterocycles. The molecule has 2 aromatic carbocycles. The molecule has 2 N–H and O–H groups in total. The number of nitrogens with one attached hydrogen (secondary N) is 2. The van der Waals surface area contributed by atoms with Gasteiger partial charge in [0.05, 0.1) is 5.92 Å². The molecule has 2 atom stereocenters. The van der Waals surface area contributed by atoms with Gasteiger partial charge in [-0.2, -0.15) is 0 Å². The van der Waals surface area contributed by atoms with Crippen LogP contribution in [0.3, 0.4) is 0 Å². The van der Waals surface area contributed by atoms with Crippen molar-refractivity contribution < 1.29 is 4.79 Å². The molecule has 1 heterocycles. The number of hydrogen-bond donors (Lipinski definition) is 2. The number of rotatable bonds is 4. The number of halogens is 1. The van der Waals surface area contributed by atoms with Crippen LogP contribution >= 0.6 is 11.6 Å². The molecule has 0 saturated carbocycles. The molecule has 3 rings (SSSR count). The van der Waals surface area contributed by atoms with E-state index in [1.165, 1.54) is 0 Å². The summed E-state index contributed by atoms with van der Waals surface area (Å²) in [5.74, 6) is 0.270. The molecule has 0 unspecified atom stereocenters. The molecule has 0 bridgehead atoms. The SMILES string of the molecule is O=C(NCc1ccccc1)[C@H]1CNC[C@@H]1c1ccc(Cl)cc1. The summed E-state index contributed by atoms with van der Waals surface area (Å²) in [4.78, 5) is 12.5. The van der Waals surface area contributed by atoms with Crippen molar-refractivity contribution in [1.82, 2.24) is 10.6 Å². The fraction of sp³-hybridized carbons (Fsp3) is 0.278. The molecular weight excluding hydrogens is 296 g/mol. The molecule has 22 heavy (non-hydrogen) atoms. The van der Waals surface area contributed by atoms with Gasteiger partial charge < -0.3 is 10.6 Å². The Kier molecular flexibility index (Phi) is 4.76. The fourth-order valence-electron chi connectivity index (χ4n) is 2.93. The summed E-state index contributed by atoms with van der Waals surface area (Å²) in [5, 5.41) is 7.09. The summed E-state index contributed by atoms with van der Waals surface area (Å²) in [6, 6.07) is 17.8. The summed E-state index contributed by atoms with van der Waals surface area (Å²) < 4.78 is 0. The average Bonchev–Trinajstić information content (AvgIpc) is 3.04. The number of hydrogen-bond acceptors (Lipinski definition) is 2. The van der Waals surface area contributed by atoms with Gasteiger partial charge in [0.25, 0.3) is 0 Å². The largest absolute Gasteiger partial charge is 0.352 e. The Morgan fingerprint density at radius 1 is 1.09 bits per heavy atom. The molecule has 0 spiro atoms. The van der Waals surface area contributed by atoms with Crippen LogP contribution in [0, 0.1) is 5.92 Å². The quantitative estimate of drug-likeness (QED) is 0.911. The standard InChI is InChI=1S/C18H19ClN2O/c19-15-8-6-14(7-9-15)16-11-20-12-17(16)18(22)21-10-13-4-2-1-3-5-13/h1-9,16-17,20H,10-12H2,(H,21,22)/t16-,17+/m1/s1. The van der Waals surface area contributed by atoms with Gasteiger partial charge in [0.15, 0.2) is 0 Å². The molecule has 1 amide bonds. The Labute approximate surface area is 135 Å². The minimum Gasteiger partial charge on any atom is -0.352 e. The Bertz CT molecular complexity index is 627. The number of carbonyl (C=O) groups excluding carboxylic acids is 1. The van der Waals surface area contributed by atoms with Gasteiger partial charge in [-0.25, -0.2) is 0 Å². The van der Waals surface area contributed by atoms with Crippen molar-refractivity contribution >= 4 is 17.5 Å². The molecule has 1 aliphatic rings. The van der Waals surface area contributed by atoms with E-state index in [4.69, 9.17) is 11.6 Å². The van der Waals surface area contributed by atoms with E-state index >= 15 is 0 Å². The van der Waals surface area contributed by atoms with E-state index in [0.29, 0.717) is 13.1 Å². The van der Waals surface area contributed by atoms with Crippen LogP contribution in [0.1, 0.15) is 17.0 Å². The summed E-state index contributed by atoms with van der Waals surface area (Å²) in [5.41, 5.74) is 2.28. The van der Waals surface area contributed by atoms with Gasteiger partial charge in [-0.05, 0) is 23.3 Å². The second-order valence-corrected chi connectivity index (χ2v) is 6.06. The van der Waals surface area contributed by atoms with Gasteiger partial charge in [0.1, 0.15) is 0 Å². The lowest BCUT2D eigenvalue weighted by Crippen LogP contribution is -2.34. The third-order valence-electron chi connectivity index (χ3n) is 4.16. The van der Waals surface area contributed by atoms with Crippen LogP contribution in [-0.2, 0) is 11.3 Å². The van der Waals surface area contributed by atoms with Gasteiger partial charge in [-0.15, -0.1) is 0 Å². The van der Waals surface area contributed by atoms with Crippen molar-refractivity contribution in [3.63, 3.8) is 0 Å². The summed E-state index contributed by atoms with van der Waals surface area (Å²) >= 11 is 5.94. The lowest BCUT2D eigenvalue weighted by Gasteiger charge is -2.18. The Hall–Kier alpha value is -1.84. The predicted octanol–water partition coefficient (Wildman–Crippen LogP) is 2.96. The molecule has 4 heteroatoms. The van der Waals surface area contributed by atoms with Crippen LogP contribution in [0.4, 0.5) is 0 Å². The van der Waals surface area contributed by atoms with E-state index in [1.54, 1.807) is 0 Å². The maximum Gasteiger partial charge on any atom is 0.225 e. The van der Waals surface area contributed by atoms with Gasteiger partial charge in [0.2, 0.25) is 5.91 Å². The zero-order valence-corrected chi connectivity index (χ0v) is 13.0. The second-order valence-electron chi connectivity index (χ2n) is 5.63. The average molecular weight is 315 g/mol. The Balaban J connectivity index is 1.65. The summed E-state index contributed by atoms with van der Waals surface area (Å²) in [6.45, 7) is 2.11. The first-order chi connectivity index (χ1) is 10.7. The molecule has 0 aliphatic carbocycles. The van der Waals surface area contributed by atoms with Crippen molar-refractivity contribution in [2.75, 3.05) is 13.1 Å². The van der Waals surface area contributed by atoms with Gasteiger partial charge in [-0.3, -0.25) is 4.79 Å². The third-order valence-corrected chi connectivity index (χ3v) is 4.41. The van der Waals surface area contributed by atoms with Crippen LogP contribution in [0.25, 0.3) is 0 Å². The first-order valence-corrected chi connectivity index (χ1v) is 7.89. The van der Waals surface area contributed by atoms with E-state index in [2.05, 4.69) is 10.6 Å². The Morgan fingerprint density at radius 3 is 2.55 bits per heavy atom. The monoisotopic (exact) mass is 314 g/mol. The predicted molar refractivity (Wildman–Crippen MR) is 88.8 cm³/mol. The topological polar surface area (TPSA) is 41.1 Å². The highest BCUT2D eigenvalue weighted by atomic mass is 35.5. The highest BCUT2D eigenvalue weighted by Gasteiger charge is 2.33. The van der Waals surface area contributed by atoms with Crippen molar-refractivity contribution in [2.45, 2.75) is 12.5 Å². The van der Waals surface area contributed by atoms with Crippen LogP contribution in [0.5, 0.6) is 0 Å². The Morgan fingerprint density at radius 2 is 1.82 bits per heavy atom. The molecule has 2 aromatic rings. The van der Waals surface area contributed by atoms with Crippen molar-refractivity contribution in [3.05, 3.63) is 70.7 Å². The molecule has 0 aromatic heterocycles. The molecule has 114 valence electrons. The van der Waals surface area contributed by atoms with Crippen LogP contribution in [-0.4, -0.2) is 19.0 Å². The number of carbonyl (C=O) groups is 1. The number of amides is 1. The van der Waals surface area contributed by atoms with Crippen LogP contribution in [0.2, 0.25) is 5.02 Å². The zero-order chi connectivity index (χ0) is 15.4. The van der Waals surface area contributed by atoms with E-state index in [-0.39, 0.29) is 17.7 Å². The minimum atomic E-state index is -0.0371. The molecule has 3 nitrogen and oxygen atoms in total. The van der Waals surface area contributed by atoms with E-state index < -0.39 is 0 Å². The molecule has 1 fully saturated rings. The highest BCUT2D eigenvalue weighted by molar-refractivity contribution is 6.30. The second kappa shape index (κ2) is 6.95. The maximum atomic E-state index is 12.5. The van der Waals surface area contributed by atoms with Gasteiger partial charge in [-0.1, -0.05) is 54.1 Å². The van der Waals surface area contributed by atoms with Crippen molar-refractivity contribution in [3.8, 4) is 0 Å². The molecule has 1 saturated heterocycles. The normalized spacial score (nSPS) is 20.8. The lowest BCUT2D eigenvalue weighted by molar-refractivity contribution is -0.125. The van der Waals surface area contributed by atoms with E-state index in [9.17, 15) is 4.79 Å².